The van der Waals surface area contributed by atoms with E-state index >= 15 is 0 Å². The first-order valence-corrected chi connectivity index (χ1v) is 12.3. The first kappa shape index (κ1) is 39.3. The van der Waals surface area contributed by atoms with E-state index in [4.69, 9.17) is 0 Å². The quantitative estimate of drug-likeness (QED) is 0.111. The van der Waals surface area contributed by atoms with Crippen molar-refractivity contribution in [1.29, 1.82) is 0 Å². The van der Waals surface area contributed by atoms with Crippen molar-refractivity contribution in [2.45, 2.75) is 65.3 Å². The van der Waals surface area contributed by atoms with Gasteiger partial charge in [0.1, 0.15) is 0 Å². The molecule has 0 radical (unpaired) electrons. The maximum Gasteiger partial charge on any atom is 0.0454 e. The summed E-state index contributed by atoms with van der Waals surface area (Å²) >= 11 is 0. The monoisotopic (exact) mass is 480 g/mol. The highest BCUT2D eigenvalue weighted by Crippen LogP contribution is 2.09. The number of hydrogen-bond acceptors (Lipinski definition) is 4. The van der Waals surface area contributed by atoms with Crippen LogP contribution in [0.5, 0.6) is 0 Å². The Bertz CT molecular complexity index is 654. The predicted octanol–water partition coefficient (Wildman–Crippen LogP) is 6.16. The molecule has 1 rings (SSSR count). The van der Waals surface area contributed by atoms with Crippen LogP contribution in [0.3, 0.4) is 0 Å². The number of allylic oxidation sites excluding steroid dienone is 2. The van der Waals surface area contributed by atoms with Gasteiger partial charge in [0.05, 0.1) is 0 Å². The SMILES string of the molecule is C#C.C#C.C=C=CC.C=C=CCCCCNCNCCCC.CNc1ccc(CC(C)NC)cc1. The molecule has 0 aliphatic rings. The molecule has 0 aliphatic carbocycles. The molecule has 0 saturated carbocycles. The number of anilines is 1. The summed E-state index contributed by atoms with van der Waals surface area (Å²) < 4.78 is 0. The normalized spacial score (nSPS) is 9.17. The molecule has 0 fully saturated rings. The minimum absolute atomic E-state index is 0.542. The van der Waals surface area contributed by atoms with Crippen LogP contribution in [-0.2, 0) is 6.42 Å². The fourth-order valence-corrected chi connectivity index (χ4v) is 2.43. The number of nitrogens with one attached hydrogen (secondary N) is 4. The van der Waals surface area contributed by atoms with Crippen molar-refractivity contribution in [3.05, 3.63) is 66.6 Å². The van der Waals surface area contributed by atoms with E-state index in [0.717, 1.165) is 32.6 Å². The van der Waals surface area contributed by atoms with E-state index in [9.17, 15) is 0 Å². The van der Waals surface area contributed by atoms with Gasteiger partial charge in [-0.3, -0.25) is 0 Å². The molecular weight excluding hydrogens is 428 g/mol. The van der Waals surface area contributed by atoms with Crippen molar-refractivity contribution in [2.24, 2.45) is 0 Å². The topological polar surface area (TPSA) is 48.1 Å². The summed E-state index contributed by atoms with van der Waals surface area (Å²) in [6.07, 6.45) is 26.9. The van der Waals surface area contributed by atoms with Gasteiger partial charge in [-0.2, -0.15) is 0 Å². The molecule has 0 amide bonds. The average Bonchev–Trinajstić information content (AvgIpc) is 2.93. The molecule has 0 bridgehead atoms. The Labute approximate surface area is 218 Å². The van der Waals surface area contributed by atoms with Crippen LogP contribution in [0.2, 0.25) is 0 Å². The molecular formula is C31H52N4. The Morgan fingerprint density at radius 2 is 1.46 bits per heavy atom. The van der Waals surface area contributed by atoms with Crippen LogP contribution in [0.25, 0.3) is 0 Å². The standard InChI is InChI=1S/C12H24N2.C11H18N2.C4H6.2C2H2/c1-3-5-7-8-9-11-14-12-13-10-6-4-2;1-9(12-2)8-10-4-6-11(13-3)7-5-10;1-3-4-2;2*1-2/h5,13-14H,1,4,6-12H2,2H3;4-7,9,12-13H,8H2,1-3H3;4H,1H2,2H3;2*1-2H. The third kappa shape index (κ3) is 35.8. The van der Waals surface area contributed by atoms with E-state index in [1.807, 2.05) is 27.1 Å². The summed E-state index contributed by atoms with van der Waals surface area (Å²) in [6, 6.07) is 9.09. The second-order valence-electron chi connectivity index (χ2n) is 7.27. The largest absolute Gasteiger partial charge is 0.388 e. The molecule has 1 aromatic carbocycles. The van der Waals surface area contributed by atoms with Crippen molar-refractivity contribution < 1.29 is 0 Å². The van der Waals surface area contributed by atoms with Gasteiger partial charge in [0.2, 0.25) is 0 Å². The average molecular weight is 481 g/mol. The van der Waals surface area contributed by atoms with Gasteiger partial charge >= 0.3 is 0 Å². The Kier molecular flexibility index (Phi) is 43.0. The van der Waals surface area contributed by atoms with Crippen LogP contribution in [0.15, 0.2) is 61.0 Å². The van der Waals surface area contributed by atoms with Crippen molar-refractivity contribution in [3.8, 4) is 25.7 Å². The summed E-state index contributed by atoms with van der Waals surface area (Å²) in [7, 11) is 3.93. The van der Waals surface area contributed by atoms with Gasteiger partial charge in [-0.15, -0.1) is 37.2 Å². The van der Waals surface area contributed by atoms with E-state index in [1.54, 1.807) is 6.08 Å². The van der Waals surface area contributed by atoms with E-state index in [2.05, 4.69) is 110 Å². The minimum Gasteiger partial charge on any atom is -0.388 e. The number of likely N-dealkylation sites (N-methyl/N-ethyl adjacent to an activating group) is 1. The number of hydrogen-bond donors (Lipinski definition) is 4. The van der Waals surface area contributed by atoms with Gasteiger partial charge in [0.15, 0.2) is 0 Å². The van der Waals surface area contributed by atoms with E-state index in [0.29, 0.717) is 6.04 Å². The zero-order chi connectivity index (χ0) is 27.6. The lowest BCUT2D eigenvalue weighted by Crippen LogP contribution is -2.30. The molecule has 35 heavy (non-hydrogen) atoms. The van der Waals surface area contributed by atoms with E-state index in [-0.39, 0.29) is 0 Å². The third-order valence-corrected chi connectivity index (χ3v) is 4.53. The lowest BCUT2D eigenvalue weighted by atomic mass is 10.1. The van der Waals surface area contributed by atoms with Gasteiger partial charge in [0.25, 0.3) is 0 Å². The molecule has 1 aromatic rings. The Balaban J connectivity index is -0.000000212. The zero-order valence-electron chi connectivity index (χ0n) is 23.1. The van der Waals surface area contributed by atoms with Crippen molar-refractivity contribution in [3.63, 3.8) is 0 Å². The molecule has 4 nitrogen and oxygen atoms in total. The summed E-state index contributed by atoms with van der Waals surface area (Å²) in [5.41, 5.74) is 7.88. The van der Waals surface area contributed by atoms with E-state index in [1.165, 1.54) is 36.9 Å². The van der Waals surface area contributed by atoms with Crippen molar-refractivity contribution >= 4 is 5.69 Å². The Morgan fingerprint density at radius 1 is 0.914 bits per heavy atom. The molecule has 196 valence electrons. The molecule has 1 unspecified atom stereocenters. The third-order valence-electron chi connectivity index (χ3n) is 4.53. The van der Waals surface area contributed by atoms with Crippen LogP contribution >= 0.6 is 0 Å². The van der Waals surface area contributed by atoms with E-state index < -0.39 is 0 Å². The first-order chi connectivity index (χ1) is 17.1. The predicted molar refractivity (Wildman–Crippen MR) is 161 cm³/mol. The van der Waals surface area contributed by atoms with Crippen LogP contribution in [-0.4, -0.2) is 39.9 Å². The number of benzene rings is 1. The molecule has 0 spiro atoms. The summed E-state index contributed by atoms with van der Waals surface area (Å²) in [6.45, 7) is 16.3. The van der Waals surface area contributed by atoms with Crippen LogP contribution in [0.4, 0.5) is 5.69 Å². The van der Waals surface area contributed by atoms with Gasteiger partial charge in [-0.25, -0.2) is 0 Å². The maximum atomic E-state index is 4.00. The van der Waals surface area contributed by atoms with Gasteiger partial charge in [-0.1, -0.05) is 38.6 Å². The smallest absolute Gasteiger partial charge is 0.0454 e. The summed E-state index contributed by atoms with van der Waals surface area (Å²) in [5, 5.41) is 13.0. The number of terminal acetylenes is 2. The lowest BCUT2D eigenvalue weighted by molar-refractivity contribution is 0.549. The lowest BCUT2D eigenvalue weighted by Gasteiger charge is -2.10. The van der Waals surface area contributed by atoms with Crippen molar-refractivity contribution in [2.75, 3.05) is 39.2 Å². The van der Waals surface area contributed by atoms with Crippen molar-refractivity contribution in [1.82, 2.24) is 16.0 Å². The van der Waals surface area contributed by atoms with Gasteiger partial charge in [-0.05, 0) is 95.9 Å². The maximum absolute atomic E-state index is 4.00. The molecule has 0 aliphatic heterocycles. The molecule has 0 saturated heterocycles. The fraction of sp³-hybridized carbons (Fsp3) is 0.484. The molecule has 4 heteroatoms. The second kappa shape index (κ2) is 38.3. The van der Waals surface area contributed by atoms with Crippen LogP contribution in [0.1, 0.15) is 58.4 Å². The summed E-state index contributed by atoms with van der Waals surface area (Å²) in [4.78, 5) is 0. The fourth-order valence-electron chi connectivity index (χ4n) is 2.43. The highest BCUT2D eigenvalue weighted by atomic mass is 15.0. The van der Waals surface area contributed by atoms with Gasteiger partial charge in [0, 0.05) is 25.4 Å². The Hall–Kier alpha value is -2.94. The zero-order valence-corrected chi connectivity index (χ0v) is 23.1. The number of unbranched alkanes of at least 4 members (excludes halogenated alkanes) is 3. The van der Waals surface area contributed by atoms with Gasteiger partial charge < -0.3 is 21.3 Å². The minimum atomic E-state index is 0.542. The van der Waals surface area contributed by atoms with Crippen LogP contribution in [0, 0.1) is 25.7 Å². The molecule has 0 aromatic heterocycles. The number of rotatable bonds is 14. The molecule has 1 atom stereocenters. The summed E-state index contributed by atoms with van der Waals surface area (Å²) in [5.74, 6) is 0. The highest BCUT2D eigenvalue weighted by Gasteiger charge is 1.99. The highest BCUT2D eigenvalue weighted by molar-refractivity contribution is 5.43. The molecule has 0 heterocycles. The second-order valence-corrected chi connectivity index (χ2v) is 7.27. The Morgan fingerprint density at radius 3 is 1.89 bits per heavy atom. The van der Waals surface area contributed by atoms with Crippen LogP contribution < -0.4 is 21.3 Å². The molecule has 4 N–H and O–H groups in total. The first-order valence-electron chi connectivity index (χ1n) is 12.3.